The van der Waals surface area contributed by atoms with Crippen molar-refractivity contribution in [2.75, 3.05) is 60.5 Å². The van der Waals surface area contributed by atoms with E-state index in [0.717, 1.165) is 27.1 Å². The van der Waals surface area contributed by atoms with E-state index in [2.05, 4.69) is 10.3 Å². The molecule has 3 aromatic carbocycles. The maximum Gasteiger partial charge on any atom is 0.535 e. The van der Waals surface area contributed by atoms with Crippen LogP contribution in [0.2, 0.25) is 0 Å². The molecule has 1 aromatic heterocycles. The van der Waals surface area contributed by atoms with Crippen LogP contribution in [0.5, 0.6) is 0 Å². The predicted octanol–water partition coefficient (Wildman–Crippen LogP) is 5.06. The van der Waals surface area contributed by atoms with E-state index in [4.69, 9.17) is 28.5 Å². The quantitative estimate of drug-likeness (QED) is 0.0586. The Bertz CT molecular complexity index is 1610. The molecular weight excluding hydrogens is 606 g/mol. The van der Waals surface area contributed by atoms with Gasteiger partial charge >= 0.3 is 6.16 Å². The predicted molar refractivity (Wildman–Crippen MR) is 172 cm³/mol. The first-order valence-electron chi connectivity index (χ1n) is 15.6. The minimum absolute atomic E-state index is 0.0141. The van der Waals surface area contributed by atoms with Crippen LogP contribution >= 0.6 is 0 Å². The lowest BCUT2D eigenvalue weighted by Crippen LogP contribution is -2.24. The summed E-state index contributed by atoms with van der Waals surface area (Å²) in [5, 5.41) is 7.87. The summed E-state index contributed by atoms with van der Waals surface area (Å²) >= 11 is 0. The minimum Gasteiger partial charge on any atom is -0.432 e. The third kappa shape index (κ3) is 8.66. The van der Waals surface area contributed by atoms with Crippen LogP contribution in [0.25, 0.3) is 22.2 Å². The Morgan fingerprint density at radius 2 is 1.30 bits per heavy atom. The van der Waals surface area contributed by atoms with Crippen molar-refractivity contribution in [1.29, 1.82) is 0 Å². The molecule has 47 heavy (non-hydrogen) atoms. The third-order valence-corrected chi connectivity index (χ3v) is 7.89. The number of aromatic nitrogens is 3. The van der Waals surface area contributed by atoms with Gasteiger partial charge in [0.1, 0.15) is 17.6 Å². The van der Waals surface area contributed by atoms with Gasteiger partial charge in [0.2, 0.25) is 0 Å². The molecule has 12 nitrogen and oxygen atoms in total. The molecule has 1 heterocycles. The second kappa shape index (κ2) is 16.9. The molecule has 0 saturated heterocycles. The van der Waals surface area contributed by atoms with Crippen molar-refractivity contribution >= 4 is 28.8 Å². The number of methoxy groups -OCH3 is 2. The van der Waals surface area contributed by atoms with Gasteiger partial charge in [-0.05, 0) is 64.6 Å². The summed E-state index contributed by atoms with van der Waals surface area (Å²) in [7, 11) is 3.22. The summed E-state index contributed by atoms with van der Waals surface area (Å²) in [4.78, 5) is 45.4. The highest BCUT2D eigenvalue weighted by Gasteiger charge is 2.32. The van der Waals surface area contributed by atoms with Crippen molar-refractivity contribution < 1.29 is 42.9 Å². The summed E-state index contributed by atoms with van der Waals surface area (Å²) in [6, 6.07) is 18.2. The zero-order chi connectivity index (χ0) is 33.0. The number of carbonyl (C=O) groups excluding carboxylic acids is 3. The zero-order valence-corrected chi connectivity index (χ0v) is 26.6. The van der Waals surface area contributed by atoms with E-state index in [9.17, 15) is 14.4 Å². The first-order chi connectivity index (χ1) is 23.0. The molecular formula is C35H39N3O9. The molecule has 0 N–H and O–H groups in total. The first-order valence-corrected chi connectivity index (χ1v) is 15.6. The van der Waals surface area contributed by atoms with Gasteiger partial charge in [-0.3, -0.25) is 14.4 Å². The fourth-order valence-electron chi connectivity index (χ4n) is 5.50. The lowest BCUT2D eigenvalue weighted by molar-refractivity contribution is 0.0379. The summed E-state index contributed by atoms with van der Waals surface area (Å²) in [5.41, 5.74) is 5.68. The van der Waals surface area contributed by atoms with Gasteiger partial charge in [-0.1, -0.05) is 41.2 Å². The fourth-order valence-corrected chi connectivity index (χ4v) is 5.50. The van der Waals surface area contributed by atoms with Gasteiger partial charge in [0, 0.05) is 57.3 Å². The second-order valence-electron chi connectivity index (χ2n) is 11.0. The highest BCUT2D eigenvalue weighted by molar-refractivity contribution is 5.99. The number of ketones is 2. The number of para-hydroxylation sites is 1. The maximum absolute atomic E-state index is 13.1. The van der Waals surface area contributed by atoms with E-state index in [1.165, 1.54) is 0 Å². The van der Waals surface area contributed by atoms with Crippen molar-refractivity contribution in [2.24, 2.45) is 0 Å². The fraction of sp³-hybridized carbons (Fsp3) is 0.400. The van der Waals surface area contributed by atoms with Crippen molar-refractivity contribution in [1.82, 2.24) is 15.2 Å². The Hall–Kier alpha value is -4.49. The van der Waals surface area contributed by atoms with Crippen LogP contribution in [0.15, 0.2) is 60.7 Å². The minimum atomic E-state index is -0.961. The molecule has 0 unspecified atom stereocenters. The van der Waals surface area contributed by atoms with Gasteiger partial charge in [-0.2, -0.15) is 0 Å². The van der Waals surface area contributed by atoms with Crippen LogP contribution in [-0.2, 0) is 23.7 Å². The number of carbonyl (C=O) groups is 3. The smallest absolute Gasteiger partial charge is 0.432 e. The summed E-state index contributed by atoms with van der Waals surface area (Å²) in [6.45, 7) is 2.80. The Morgan fingerprint density at radius 3 is 1.87 bits per heavy atom. The molecule has 0 atom stereocenters. The van der Waals surface area contributed by atoms with Gasteiger partial charge in [0.25, 0.3) is 0 Å². The number of hydrogen-bond acceptors (Lipinski definition) is 11. The molecule has 0 spiro atoms. The molecule has 0 radical (unpaired) electrons. The second-order valence-corrected chi connectivity index (χ2v) is 11.0. The molecule has 4 aromatic rings. The summed E-state index contributed by atoms with van der Waals surface area (Å²) < 4.78 is 26.6. The Labute approximate surface area is 272 Å². The molecule has 0 amide bonds. The van der Waals surface area contributed by atoms with Crippen LogP contribution < -0.4 is 4.84 Å². The van der Waals surface area contributed by atoms with Crippen molar-refractivity contribution in [2.45, 2.75) is 31.6 Å². The number of rotatable bonds is 19. The van der Waals surface area contributed by atoms with E-state index in [1.807, 2.05) is 36.4 Å². The topological polar surface area (TPSA) is 137 Å². The number of ether oxygens (including phenoxy) is 5. The average molecular weight is 646 g/mol. The number of nitrogens with zero attached hydrogens (tertiary/aromatic N) is 3. The zero-order valence-electron chi connectivity index (χ0n) is 26.6. The average Bonchev–Trinajstić information content (AvgIpc) is 3.64. The largest absolute Gasteiger partial charge is 0.535 e. The Balaban J connectivity index is 1.31. The van der Waals surface area contributed by atoms with Gasteiger partial charge in [-0.15, -0.1) is 5.10 Å². The van der Waals surface area contributed by atoms with Gasteiger partial charge in [-0.25, -0.2) is 4.79 Å². The highest BCUT2D eigenvalue weighted by atomic mass is 16.8. The van der Waals surface area contributed by atoms with E-state index in [1.54, 1.807) is 38.5 Å². The summed E-state index contributed by atoms with van der Waals surface area (Å²) in [5.74, 6) is -0.463. The highest BCUT2D eigenvalue weighted by Crippen LogP contribution is 2.46. The van der Waals surface area contributed by atoms with Crippen LogP contribution in [0.3, 0.4) is 0 Å². The van der Waals surface area contributed by atoms with Crippen LogP contribution in [-0.4, -0.2) is 93.3 Å². The van der Waals surface area contributed by atoms with Crippen LogP contribution in [0.4, 0.5) is 4.79 Å². The number of benzene rings is 3. The molecule has 0 saturated carbocycles. The lowest BCUT2D eigenvalue weighted by Gasteiger charge is -2.15. The van der Waals surface area contributed by atoms with Gasteiger partial charge < -0.3 is 23.7 Å². The molecule has 1 aliphatic carbocycles. The first kappa shape index (κ1) is 33.9. The van der Waals surface area contributed by atoms with Crippen LogP contribution in [0.1, 0.15) is 63.4 Å². The van der Waals surface area contributed by atoms with Crippen molar-refractivity contribution in [3.8, 4) is 11.1 Å². The number of hydrogen-bond donors (Lipinski definition) is 0. The Morgan fingerprint density at radius 1 is 0.723 bits per heavy atom. The summed E-state index contributed by atoms with van der Waals surface area (Å²) in [6.07, 6.45) is 0.852. The number of fused-ring (bicyclic) bond motifs is 4. The molecule has 248 valence electrons. The molecule has 12 heteroatoms. The molecule has 0 bridgehead atoms. The lowest BCUT2D eigenvalue weighted by atomic mass is 9.93. The monoisotopic (exact) mass is 645 g/mol. The van der Waals surface area contributed by atoms with E-state index in [-0.39, 0.29) is 18.2 Å². The van der Waals surface area contributed by atoms with Crippen molar-refractivity contribution in [3.05, 3.63) is 82.9 Å². The Kier molecular flexibility index (Phi) is 12.2. The van der Waals surface area contributed by atoms with E-state index in [0.29, 0.717) is 87.5 Å². The maximum atomic E-state index is 13.1. The van der Waals surface area contributed by atoms with E-state index < -0.39 is 12.1 Å². The van der Waals surface area contributed by atoms with Gasteiger partial charge in [0.05, 0.1) is 26.4 Å². The molecule has 1 aliphatic rings. The number of Topliss-reactive ketones (excluding diaryl/α,β-unsaturated/α-hetero) is 2. The van der Waals surface area contributed by atoms with Gasteiger partial charge in [0.15, 0.2) is 11.6 Å². The van der Waals surface area contributed by atoms with Crippen molar-refractivity contribution in [3.63, 3.8) is 0 Å². The SMILES string of the molecule is COCCOCCCC(=O)c1ccc2c(c1)C(COC(=O)On1nnc3ccccc31)c1cc(C(=O)CCCOCCOC)ccc1-2. The third-order valence-electron chi connectivity index (χ3n) is 7.89. The molecule has 0 fully saturated rings. The molecule has 5 rings (SSSR count). The molecule has 0 aliphatic heterocycles. The van der Waals surface area contributed by atoms with E-state index >= 15 is 0 Å². The normalized spacial score (nSPS) is 12.2. The van der Waals surface area contributed by atoms with Crippen LogP contribution in [0, 0.1) is 0 Å². The standard InChI is InChI=1S/C35H39N3O9/c1-42-17-19-44-15-5-9-33(39)24-11-13-26-27-14-12-25(34(40)10-6-16-45-20-18-43-2)22-29(27)30(28(26)21-24)23-46-35(41)47-38-32-8-4-3-7-31(32)36-37-38/h3-4,7-8,11-14,21-22,30H,5-6,9-10,15-20,23H2,1-2H3.